The van der Waals surface area contributed by atoms with Crippen LogP contribution < -0.4 is 4.90 Å². The first-order valence-corrected chi connectivity index (χ1v) is 4.69. The van der Waals surface area contributed by atoms with Gasteiger partial charge in [0, 0.05) is 25.8 Å². The number of alkyl halides is 1. The predicted molar refractivity (Wildman–Crippen MR) is 57.5 cm³/mol. The number of hydrogen-bond donors (Lipinski definition) is 1. The van der Waals surface area contributed by atoms with E-state index < -0.39 is 0 Å². The van der Waals surface area contributed by atoms with E-state index >= 15 is 0 Å². The third-order valence-corrected chi connectivity index (χ3v) is 2.16. The van der Waals surface area contributed by atoms with Crippen LogP contribution in [0.1, 0.15) is 10.4 Å². The number of benzene rings is 1. The minimum Gasteiger partial charge on any atom is -0.507 e. The van der Waals surface area contributed by atoms with Crippen LogP contribution in [0.2, 0.25) is 0 Å². The van der Waals surface area contributed by atoms with Crippen LogP contribution in [-0.2, 0) is 0 Å². The van der Waals surface area contributed by atoms with Gasteiger partial charge in [-0.2, -0.15) is 0 Å². The number of aromatic hydroxyl groups is 1. The maximum atomic E-state index is 11.2. The minimum atomic E-state index is -0.269. The van der Waals surface area contributed by atoms with Crippen molar-refractivity contribution in [2.75, 3.05) is 24.9 Å². The Morgan fingerprint density at radius 3 is 2.57 bits per heavy atom. The van der Waals surface area contributed by atoms with E-state index in [4.69, 9.17) is 11.6 Å². The largest absolute Gasteiger partial charge is 0.507 e. The van der Waals surface area contributed by atoms with Gasteiger partial charge in [-0.05, 0) is 12.1 Å². The summed E-state index contributed by atoms with van der Waals surface area (Å²) in [6.45, 7) is 0. The van der Waals surface area contributed by atoms with Gasteiger partial charge in [0.2, 0.25) is 0 Å². The topological polar surface area (TPSA) is 40.5 Å². The molecule has 76 valence electrons. The Balaban J connectivity index is 3.07. The van der Waals surface area contributed by atoms with Crippen LogP contribution in [0.3, 0.4) is 0 Å². The number of anilines is 1. The number of carbonyl (C=O) groups excluding carboxylic acids is 1. The van der Waals surface area contributed by atoms with Gasteiger partial charge in [-0.3, -0.25) is 4.79 Å². The van der Waals surface area contributed by atoms with Crippen LogP contribution in [0, 0.1) is 0 Å². The molecule has 0 radical (unpaired) electrons. The van der Waals surface area contributed by atoms with E-state index in [0.717, 1.165) is 5.69 Å². The molecule has 0 bridgehead atoms. The van der Waals surface area contributed by atoms with E-state index in [0.29, 0.717) is 0 Å². The Morgan fingerprint density at radius 2 is 2.14 bits per heavy atom. The summed E-state index contributed by atoms with van der Waals surface area (Å²) in [5.41, 5.74) is 1.11. The second-order valence-corrected chi connectivity index (χ2v) is 3.42. The van der Waals surface area contributed by atoms with Crippen molar-refractivity contribution in [1.82, 2.24) is 0 Å². The molecular weight excluding hydrogens is 202 g/mol. The summed E-state index contributed by atoms with van der Waals surface area (Å²) >= 11 is 5.39. The second-order valence-electron chi connectivity index (χ2n) is 3.15. The summed E-state index contributed by atoms with van der Waals surface area (Å²) in [5, 5.41) is 9.54. The lowest BCUT2D eigenvalue weighted by Crippen LogP contribution is -2.09. The fourth-order valence-electron chi connectivity index (χ4n) is 1.11. The van der Waals surface area contributed by atoms with Crippen molar-refractivity contribution in [3.05, 3.63) is 23.8 Å². The molecule has 0 spiro atoms. The standard InChI is InChI=1S/C10H12ClNO2/c1-12(2)7-3-4-8(9(13)5-7)10(14)6-11/h3-5,13H,6H2,1-2H3. The third kappa shape index (κ3) is 2.17. The molecule has 0 amide bonds. The van der Waals surface area contributed by atoms with Crippen LogP contribution >= 0.6 is 11.6 Å². The summed E-state index contributed by atoms with van der Waals surface area (Å²) in [7, 11) is 3.72. The highest BCUT2D eigenvalue weighted by Crippen LogP contribution is 2.23. The SMILES string of the molecule is CN(C)c1ccc(C(=O)CCl)c(O)c1. The summed E-state index contributed by atoms with van der Waals surface area (Å²) in [4.78, 5) is 13.1. The van der Waals surface area contributed by atoms with Crippen molar-refractivity contribution in [3.8, 4) is 5.75 Å². The van der Waals surface area contributed by atoms with Crippen LogP contribution in [0.5, 0.6) is 5.75 Å². The Hall–Kier alpha value is -1.22. The molecule has 1 aromatic rings. The molecule has 4 heteroatoms. The fraction of sp³-hybridized carbons (Fsp3) is 0.300. The zero-order chi connectivity index (χ0) is 10.7. The number of phenols is 1. The van der Waals surface area contributed by atoms with E-state index in [1.807, 2.05) is 19.0 Å². The molecule has 0 aliphatic heterocycles. The van der Waals surface area contributed by atoms with Crippen molar-refractivity contribution in [3.63, 3.8) is 0 Å². The monoisotopic (exact) mass is 213 g/mol. The quantitative estimate of drug-likeness (QED) is 0.616. The highest BCUT2D eigenvalue weighted by Gasteiger charge is 2.10. The first kappa shape index (κ1) is 10.9. The van der Waals surface area contributed by atoms with Crippen molar-refractivity contribution >= 4 is 23.1 Å². The minimum absolute atomic E-state index is 0.0261. The molecule has 3 nitrogen and oxygen atoms in total. The zero-order valence-electron chi connectivity index (χ0n) is 8.12. The van der Waals surface area contributed by atoms with Crippen LogP contribution in [0.15, 0.2) is 18.2 Å². The normalized spacial score (nSPS) is 9.93. The van der Waals surface area contributed by atoms with E-state index in [1.165, 1.54) is 0 Å². The molecule has 1 rings (SSSR count). The fourth-order valence-corrected chi connectivity index (χ4v) is 1.25. The lowest BCUT2D eigenvalue weighted by molar-refractivity contribution is 0.101. The molecule has 0 unspecified atom stereocenters. The van der Waals surface area contributed by atoms with Gasteiger partial charge < -0.3 is 10.0 Å². The second kappa shape index (κ2) is 4.33. The molecule has 0 heterocycles. The van der Waals surface area contributed by atoms with E-state index in [9.17, 15) is 9.90 Å². The number of hydrogen-bond acceptors (Lipinski definition) is 3. The van der Waals surface area contributed by atoms with E-state index in [1.54, 1.807) is 18.2 Å². The van der Waals surface area contributed by atoms with Gasteiger partial charge in [-0.15, -0.1) is 11.6 Å². The summed E-state index contributed by atoms with van der Waals surface area (Å²) in [6, 6.07) is 4.88. The van der Waals surface area contributed by atoms with Gasteiger partial charge in [0.25, 0.3) is 0 Å². The first-order valence-electron chi connectivity index (χ1n) is 4.15. The Morgan fingerprint density at radius 1 is 1.50 bits per heavy atom. The van der Waals surface area contributed by atoms with Crippen LogP contribution in [0.4, 0.5) is 5.69 Å². The van der Waals surface area contributed by atoms with Crippen molar-refractivity contribution in [1.29, 1.82) is 0 Å². The number of ketones is 1. The highest BCUT2D eigenvalue weighted by molar-refractivity contribution is 6.30. The molecule has 0 aliphatic rings. The lowest BCUT2D eigenvalue weighted by atomic mass is 10.1. The Bertz CT molecular complexity index is 350. The number of carbonyl (C=O) groups is 1. The van der Waals surface area contributed by atoms with Gasteiger partial charge in [0.05, 0.1) is 11.4 Å². The molecular formula is C10H12ClNO2. The summed E-state index contributed by atoms with van der Waals surface area (Å²) in [5.74, 6) is -0.411. The average Bonchev–Trinajstić information content (AvgIpc) is 2.16. The number of Topliss-reactive ketones (excluding diaryl/α,β-unsaturated/α-hetero) is 1. The molecule has 0 atom stereocenters. The summed E-state index contributed by atoms with van der Waals surface area (Å²) in [6.07, 6.45) is 0. The zero-order valence-corrected chi connectivity index (χ0v) is 8.88. The molecule has 0 aromatic heterocycles. The number of phenolic OH excluding ortho intramolecular Hbond substituents is 1. The van der Waals surface area contributed by atoms with Crippen LogP contribution in [0.25, 0.3) is 0 Å². The van der Waals surface area contributed by atoms with Crippen molar-refractivity contribution in [2.24, 2.45) is 0 Å². The number of nitrogens with zero attached hydrogens (tertiary/aromatic N) is 1. The number of rotatable bonds is 3. The molecule has 0 saturated carbocycles. The van der Waals surface area contributed by atoms with Gasteiger partial charge in [-0.25, -0.2) is 0 Å². The molecule has 0 aliphatic carbocycles. The van der Waals surface area contributed by atoms with Gasteiger partial charge >= 0.3 is 0 Å². The van der Waals surface area contributed by atoms with E-state index in [-0.39, 0.29) is 23.0 Å². The van der Waals surface area contributed by atoms with Gasteiger partial charge in [0.1, 0.15) is 5.75 Å². The Kier molecular flexibility index (Phi) is 3.36. The lowest BCUT2D eigenvalue weighted by Gasteiger charge is -2.13. The molecule has 14 heavy (non-hydrogen) atoms. The van der Waals surface area contributed by atoms with Gasteiger partial charge in [0.15, 0.2) is 5.78 Å². The van der Waals surface area contributed by atoms with Crippen molar-refractivity contribution in [2.45, 2.75) is 0 Å². The maximum absolute atomic E-state index is 11.2. The first-order chi connectivity index (χ1) is 6.56. The van der Waals surface area contributed by atoms with Crippen LogP contribution in [-0.4, -0.2) is 30.9 Å². The smallest absolute Gasteiger partial charge is 0.181 e. The van der Waals surface area contributed by atoms with Crippen molar-refractivity contribution < 1.29 is 9.90 Å². The molecule has 1 N–H and O–H groups in total. The maximum Gasteiger partial charge on any atom is 0.181 e. The van der Waals surface area contributed by atoms with E-state index in [2.05, 4.69) is 0 Å². The molecule has 0 saturated heterocycles. The average molecular weight is 214 g/mol. The predicted octanol–water partition coefficient (Wildman–Crippen LogP) is 1.88. The van der Waals surface area contributed by atoms with Gasteiger partial charge in [-0.1, -0.05) is 0 Å². The highest BCUT2D eigenvalue weighted by atomic mass is 35.5. The third-order valence-electron chi connectivity index (χ3n) is 1.92. The number of halogens is 1. The molecule has 0 fully saturated rings. The Labute approximate surface area is 87.9 Å². The molecule has 1 aromatic carbocycles. The summed E-state index contributed by atoms with van der Waals surface area (Å²) < 4.78 is 0.